The lowest BCUT2D eigenvalue weighted by atomic mass is 9.95. The molecule has 0 bridgehead atoms. The van der Waals surface area contributed by atoms with E-state index in [2.05, 4.69) is 14.5 Å². The molecule has 1 aliphatic carbocycles. The van der Waals surface area contributed by atoms with Gasteiger partial charge in [-0.05, 0) is 37.5 Å². The summed E-state index contributed by atoms with van der Waals surface area (Å²) < 4.78 is 2.15. The standard InChI is InChI=1S/C16H25N3O/c20-16(11-14-3-1-2-4-14)19-8-5-15(6-9-19)12-18-10-7-17-13-18/h7,10,13-15H,1-6,8-9,11-12H2. The number of amides is 1. The van der Waals surface area contributed by atoms with Crippen LogP contribution in [0, 0.1) is 11.8 Å². The van der Waals surface area contributed by atoms with Gasteiger partial charge in [-0.1, -0.05) is 12.8 Å². The Morgan fingerprint density at radius 1 is 1.10 bits per heavy atom. The van der Waals surface area contributed by atoms with E-state index in [0.29, 0.717) is 17.7 Å². The molecule has 1 aliphatic heterocycles. The Bertz CT molecular complexity index is 415. The van der Waals surface area contributed by atoms with Crippen LogP contribution in [-0.2, 0) is 11.3 Å². The first-order valence-corrected chi connectivity index (χ1v) is 8.05. The van der Waals surface area contributed by atoms with E-state index < -0.39 is 0 Å². The number of likely N-dealkylation sites (tertiary alicyclic amines) is 1. The molecule has 0 spiro atoms. The number of aromatic nitrogens is 2. The van der Waals surface area contributed by atoms with Gasteiger partial charge in [0.2, 0.25) is 5.91 Å². The van der Waals surface area contributed by atoms with Crippen molar-refractivity contribution in [2.75, 3.05) is 13.1 Å². The van der Waals surface area contributed by atoms with Crippen LogP contribution in [-0.4, -0.2) is 33.4 Å². The summed E-state index contributed by atoms with van der Waals surface area (Å²) >= 11 is 0. The molecular formula is C16H25N3O. The fraction of sp³-hybridized carbons (Fsp3) is 0.750. The molecule has 0 unspecified atom stereocenters. The average molecular weight is 275 g/mol. The summed E-state index contributed by atoms with van der Waals surface area (Å²) in [5.74, 6) is 1.77. The Labute approximate surface area is 121 Å². The summed E-state index contributed by atoms with van der Waals surface area (Å²) in [6.45, 7) is 2.94. The van der Waals surface area contributed by atoms with Crippen LogP contribution >= 0.6 is 0 Å². The molecule has 0 radical (unpaired) electrons. The van der Waals surface area contributed by atoms with Gasteiger partial charge < -0.3 is 9.47 Å². The molecule has 1 aromatic heterocycles. The average Bonchev–Trinajstić information content (AvgIpc) is 3.13. The molecule has 1 saturated carbocycles. The van der Waals surface area contributed by atoms with Crippen molar-refractivity contribution in [3.05, 3.63) is 18.7 Å². The number of piperidine rings is 1. The minimum atomic E-state index is 0.401. The van der Waals surface area contributed by atoms with Gasteiger partial charge in [-0.25, -0.2) is 4.98 Å². The van der Waals surface area contributed by atoms with Gasteiger partial charge in [0.15, 0.2) is 0 Å². The van der Waals surface area contributed by atoms with Crippen LogP contribution in [0.4, 0.5) is 0 Å². The third kappa shape index (κ3) is 3.41. The zero-order chi connectivity index (χ0) is 13.8. The minimum absolute atomic E-state index is 0.401. The number of rotatable bonds is 4. The van der Waals surface area contributed by atoms with Crippen LogP contribution < -0.4 is 0 Å². The van der Waals surface area contributed by atoms with Gasteiger partial charge >= 0.3 is 0 Å². The molecule has 2 fully saturated rings. The molecule has 3 rings (SSSR count). The van der Waals surface area contributed by atoms with Crippen molar-refractivity contribution in [2.45, 2.75) is 51.5 Å². The molecular weight excluding hydrogens is 250 g/mol. The number of carbonyl (C=O) groups excluding carboxylic acids is 1. The topological polar surface area (TPSA) is 38.1 Å². The zero-order valence-corrected chi connectivity index (χ0v) is 12.2. The van der Waals surface area contributed by atoms with E-state index in [9.17, 15) is 4.79 Å². The van der Waals surface area contributed by atoms with Crippen molar-refractivity contribution in [3.63, 3.8) is 0 Å². The summed E-state index contributed by atoms with van der Waals surface area (Å²) in [4.78, 5) is 18.5. The van der Waals surface area contributed by atoms with E-state index in [1.807, 2.05) is 18.7 Å². The molecule has 4 nitrogen and oxygen atoms in total. The molecule has 2 heterocycles. The summed E-state index contributed by atoms with van der Waals surface area (Å²) in [7, 11) is 0. The van der Waals surface area contributed by atoms with Crippen LogP contribution in [0.25, 0.3) is 0 Å². The van der Waals surface area contributed by atoms with Crippen molar-refractivity contribution in [2.24, 2.45) is 11.8 Å². The fourth-order valence-electron chi connectivity index (χ4n) is 3.65. The van der Waals surface area contributed by atoms with Crippen LogP contribution in [0.15, 0.2) is 18.7 Å². The molecule has 0 atom stereocenters. The predicted molar refractivity (Wildman–Crippen MR) is 78.1 cm³/mol. The van der Waals surface area contributed by atoms with Crippen molar-refractivity contribution in [3.8, 4) is 0 Å². The molecule has 1 aromatic rings. The summed E-state index contributed by atoms with van der Waals surface area (Å²) in [6.07, 6.45) is 14.0. The van der Waals surface area contributed by atoms with E-state index >= 15 is 0 Å². The predicted octanol–water partition coefficient (Wildman–Crippen LogP) is 2.70. The maximum atomic E-state index is 12.3. The lowest BCUT2D eigenvalue weighted by molar-refractivity contribution is -0.133. The van der Waals surface area contributed by atoms with Crippen molar-refractivity contribution in [1.29, 1.82) is 0 Å². The van der Waals surface area contributed by atoms with Crippen molar-refractivity contribution in [1.82, 2.24) is 14.5 Å². The van der Waals surface area contributed by atoms with E-state index in [1.54, 1.807) is 0 Å². The molecule has 1 saturated heterocycles. The summed E-state index contributed by atoms with van der Waals surface area (Å²) in [5.41, 5.74) is 0. The lowest BCUT2D eigenvalue weighted by Crippen LogP contribution is -2.39. The molecule has 0 N–H and O–H groups in total. The maximum absolute atomic E-state index is 12.3. The highest BCUT2D eigenvalue weighted by atomic mass is 16.2. The third-order valence-electron chi connectivity index (χ3n) is 4.93. The summed E-state index contributed by atoms with van der Waals surface area (Å²) in [5, 5.41) is 0. The molecule has 1 amide bonds. The molecule has 2 aliphatic rings. The molecule has 110 valence electrons. The Kier molecular flexibility index (Phi) is 4.38. The van der Waals surface area contributed by atoms with Crippen molar-refractivity contribution < 1.29 is 4.79 Å². The van der Waals surface area contributed by atoms with Gasteiger partial charge in [0.1, 0.15) is 0 Å². The van der Waals surface area contributed by atoms with E-state index in [0.717, 1.165) is 38.9 Å². The second-order valence-corrected chi connectivity index (χ2v) is 6.44. The second kappa shape index (κ2) is 6.42. The van der Waals surface area contributed by atoms with Crippen LogP contribution in [0.2, 0.25) is 0 Å². The van der Waals surface area contributed by atoms with Gasteiger partial charge in [0.05, 0.1) is 6.33 Å². The summed E-state index contributed by atoms with van der Waals surface area (Å²) in [6, 6.07) is 0. The maximum Gasteiger partial charge on any atom is 0.222 e. The van der Waals surface area contributed by atoms with E-state index in [1.165, 1.54) is 25.7 Å². The number of nitrogens with zero attached hydrogens (tertiary/aromatic N) is 3. The number of carbonyl (C=O) groups is 1. The van der Waals surface area contributed by atoms with Gasteiger partial charge in [-0.3, -0.25) is 4.79 Å². The number of hydrogen-bond acceptors (Lipinski definition) is 2. The number of imidazole rings is 1. The molecule has 20 heavy (non-hydrogen) atoms. The normalized spacial score (nSPS) is 21.5. The van der Waals surface area contributed by atoms with E-state index in [-0.39, 0.29) is 0 Å². The van der Waals surface area contributed by atoms with Crippen LogP contribution in [0.1, 0.15) is 44.9 Å². The van der Waals surface area contributed by atoms with Gasteiger partial charge in [0.25, 0.3) is 0 Å². The smallest absolute Gasteiger partial charge is 0.222 e. The van der Waals surface area contributed by atoms with Crippen molar-refractivity contribution >= 4 is 5.91 Å². The SMILES string of the molecule is O=C(CC1CCCC1)N1CCC(Cn2ccnc2)CC1. The van der Waals surface area contributed by atoms with Gasteiger partial charge in [-0.15, -0.1) is 0 Å². The quantitative estimate of drug-likeness (QED) is 0.847. The Morgan fingerprint density at radius 3 is 2.50 bits per heavy atom. The Morgan fingerprint density at radius 2 is 1.85 bits per heavy atom. The van der Waals surface area contributed by atoms with E-state index in [4.69, 9.17) is 0 Å². The highest BCUT2D eigenvalue weighted by Gasteiger charge is 2.26. The molecule has 4 heteroatoms. The van der Waals surface area contributed by atoms with Crippen LogP contribution in [0.3, 0.4) is 0 Å². The Hall–Kier alpha value is -1.32. The first kappa shape index (κ1) is 13.7. The highest BCUT2D eigenvalue weighted by molar-refractivity contribution is 5.76. The zero-order valence-electron chi connectivity index (χ0n) is 12.2. The first-order valence-electron chi connectivity index (χ1n) is 8.05. The molecule has 0 aromatic carbocycles. The lowest BCUT2D eigenvalue weighted by Gasteiger charge is -2.32. The largest absolute Gasteiger partial charge is 0.343 e. The third-order valence-corrected chi connectivity index (χ3v) is 4.93. The van der Waals surface area contributed by atoms with Crippen LogP contribution in [0.5, 0.6) is 0 Å². The minimum Gasteiger partial charge on any atom is -0.343 e. The fourth-order valence-corrected chi connectivity index (χ4v) is 3.65. The van der Waals surface area contributed by atoms with Gasteiger partial charge in [-0.2, -0.15) is 0 Å². The monoisotopic (exact) mass is 275 g/mol. The second-order valence-electron chi connectivity index (χ2n) is 6.44. The van der Waals surface area contributed by atoms with Gasteiger partial charge in [0, 0.05) is 38.4 Å². The highest BCUT2D eigenvalue weighted by Crippen LogP contribution is 2.29. The Balaban J connectivity index is 1.42. The first-order chi connectivity index (χ1) is 9.81. The number of hydrogen-bond donors (Lipinski definition) is 0.